The lowest BCUT2D eigenvalue weighted by molar-refractivity contribution is -0.118. The molecule has 0 aliphatic heterocycles. The molecule has 0 spiro atoms. The highest BCUT2D eigenvalue weighted by Gasteiger charge is 2.23. The normalized spacial score (nSPS) is 11.6. The molecule has 1 heterocycles. The van der Waals surface area contributed by atoms with Crippen LogP contribution in [0.1, 0.15) is 50.2 Å². The molecule has 0 radical (unpaired) electrons. The second-order valence-corrected chi connectivity index (χ2v) is 11.8. The van der Waals surface area contributed by atoms with E-state index in [-0.39, 0.29) is 18.1 Å². The smallest absolute Gasteiger partial charge is 0.282 e. The summed E-state index contributed by atoms with van der Waals surface area (Å²) in [6.07, 6.45) is 3.82. The Kier molecular flexibility index (Phi) is 9.63. The molecule has 1 amide bonds. The molecule has 42 heavy (non-hydrogen) atoms. The number of amides is 1. The van der Waals surface area contributed by atoms with E-state index in [0.717, 1.165) is 15.6 Å². The van der Waals surface area contributed by atoms with Crippen molar-refractivity contribution in [3.05, 3.63) is 105 Å². The van der Waals surface area contributed by atoms with Crippen LogP contribution in [0, 0.1) is 6.92 Å². The van der Waals surface area contributed by atoms with Crippen molar-refractivity contribution < 1.29 is 14.3 Å². The third-order valence-corrected chi connectivity index (χ3v) is 6.80. The Morgan fingerprint density at radius 1 is 1.12 bits per heavy atom. The van der Waals surface area contributed by atoms with Crippen LogP contribution < -0.4 is 20.3 Å². The van der Waals surface area contributed by atoms with Crippen LogP contribution in [0.2, 0.25) is 0 Å². The summed E-state index contributed by atoms with van der Waals surface area (Å²) in [6, 6.07) is 16.6. The highest BCUT2D eigenvalue weighted by atomic mass is 79.9. The second-order valence-electron chi connectivity index (χ2n) is 10.8. The number of carbonyl (C=O) groups is 1. The molecule has 1 N–H and O–H groups in total. The quantitative estimate of drug-likeness (QED) is 0.154. The number of carbonyl (C=O) groups excluding carboxylic acids is 1. The van der Waals surface area contributed by atoms with E-state index in [2.05, 4.69) is 32.9 Å². The number of aromatic nitrogens is 2. The molecule has 4 rings (SSSR count). The summed E-state index contributed by atoms with van der Waals surface area (Å²) in [7, 11) is 0. The van der Waals surface area contributed by atoms with Gasteiger partial charge in [-0.3, -0.25) is 9.59 Å². The SMILES string of the molecule is C=CCc1cc(C=Nn2c(C(C)(C)C)nc3ccc(Br)cc3c2=O)cc(OCC)c1OCC(=O)Nc1ccc(C)cc1. The van der Waals surface area contributed by atoms with Gasteiger partial charge < -0.3 is 14.8 Å². The summed E-state index contributed by atoms with van der Waals surface area (Å²) in [5, 5.41) is 7.90. The summed E-state index contributed by atoms with van der Waals surface area (Å²) in [5.41, 5.74) is 3.15. The third kappa shape index (κ3) is 7.33. The molecule has 0 atom stereocenters. The largest absolute Gasteiger partial charge is 0.490 e. The minimum Gasteiger partial charge on any atom is -0.490 e. The predicted octanol–water partition coefficient (Wildman–Crippen LogP) is 6.79. The topological polar surface area (TPSA) is 94.8 Å². The van der Waals surface area contributed by atoms with Gasteiger partial charge in [-0.2, -0.15) is 9.78 Å². The summed E-state index contributed by atoms with van der Waals surface area (Å²) in [4.78, 5) is 31.0. The van der Waals surface area contributed by atoms with E-state index in [1.54, 1.807) is 24.4 Å². The molecule has 4 aromatic rings. The first kappa shape index (κ1) is 30.7. The van der Waals surface area contributed by atoms with Gasteiger partial charge >= 0.3 is 0 Å². The Labute approximate surface area is 254 Å². The number of anilines is 1. The molecular formula is C33H35BrN4O4. The van der Waals surface area contributed by atoms with Crippen LogP contribution in [0.25, 0.3) is 10.9 Å². The fraction of sp³-hybridized carbons (Fsp3) is 0.273. The van der Waals surface area contributed by atoms with Gasteiger partial charge in [-0.05, 0) is 68.3 Å². The minimum atomic E-state index is -0.445. The standard InChI is InChI=1S/C33H35BrN4O4/c1-7-9-23-16-22(17-28(41-8-2)30(23)42-20-29(39)36-25-13-10-21(3)11-14-25)19-35-38-31(40)26-18-24(34)12-15-27(26)37-32(38)33(4,5)6/h7,10-19H,1,8-9,20H2,2-6H3,(H,36,39). The lowest BCUT2D eigenvalue weighted by Crippen LogP contribution is -2.29. The van der Waals surface area contributed by atoms with Crippen LogP contribution in [0.4, 0.5) is 5.69 Å². The number of benzene rings is 3. The van der Waals surface area contributed by atoms with E-state index in [1.165, 1.54) is 4.68 Å². The molecule has 3 aromatic carbocycles. The van der Waals surface area contributed by atoms with Crippen molar-refractivity contribution in [3.63, 3.8) is 0 Å². The summed E-state index contributed by atoms with van der Waals surface area (Å²) in [5.74, 6) is 1.17. The summed E-state index contributed by atoms with van der Waals surface area (Å²) in [6.45, 7) is 13.9. The van der Waals surface area contributed by atoms with E-state index >= 15 is 0 Å². The van der Waals surface area contributed by atoms with Gasteiger partial charge in [0.2, 0.25) is 0 Å². The highest BCUT2D eigenvalue weighted by Crippen LogP contribution is 2.34. The van der Waals surface area contributed by atoms with Crippen molar-refractivity contribution in [2.45, 2.75) is 46.5 Å². The van der Waals surface area contributed by atoms with Gasteiger partial charge in [-0.15, -0.1) is 6.58 Å². The molecule has 0 unspecified atom stereocenters. The van der Waals surface area contributed by atoms with E-state index < -0.39 is 5.41 Å². The average molecular weight is 632 g/mol. The molecule has 218 valence electrons. The number of rotatable bonds is 10. The predicted molar refractivity (Wildman–Crippen MR) is 172 cm³/mol. The molecule has 8 nitrogen and oxygen atoms in total. The number of hydrogen-bond acceptors (Lipinski definition) is 6. The van der Waals surface area contributed by atoms with Crippen LogP contribution in [0.5, 0.6) is 11.5 Å². The Morgan fingerprint density at radius 3 is 2.52 bits per heavy atom. The number of ether oxygens (including phenoxy) is 2. The number of allylic oxidation sites excluding steroid dienone is 1. The van der Waals surface area contributed by atoms with Gasteiger partial charge in [0.05, 0.1) is 23.7 Å². The zero-order valence-corrected chi connectivity index (χ0v) is 26.1. The summed E-state index contributed by atoms with van der Waals surface area (Å²) >= 11 is 3.44. The fourth-order valence-corrected chi connectivity index (χ4v) is 4.69. The van der Waals surface area contributed by atoms with E-state index in [4.69, 9.17) is 14.5 Å². The Balaban J connectivity index is 1.69. The molecular weight excluding hydrogens is 596 g/mol. The number of hydrogen-bond donors (Lipinski definition) is 1. The number of fused-ring (bicyclic) bond motifs is 1. The van der Waals surface area contributed by atoms with Gasteiger partial charge in [0, 0.05) is 21.1 Å². The molecule has 0 saturated carbocycles. The van der Waals surface area contributed by atoms with Crippen LogP contribution in [-0.4, -0.2) is 35.0 Å². The zero-order chi connectivity index (χ0) is 30.4. The van der Waals surface area contributed by atoms with E-state index in [0.29, 0.717) is 52.5 Å². The maximum Gasteiger partial charge on any atom is 0.282 e. The molecule has 1 aromatic heterocycles. The van der Waals surface area contributed by atoms with Crippen LogP contribution in [-0.2, 0) is 16.6 Å². The van der Waals surface area contributed by atoms with Crippen molar-refractivity contribution in [3.8, 4) is 11.5 Å². The molecule has 0 saturated heterocycles. The van der Waals surface area contributed by atoms with Gasteiger partial charge in [0.25, 0.3) is 11.5 Å². The van der Waals surface area contributed by atoms with E-state index in [1.807, 2.05) is 77.1 Å². The van der Waals surface area contributed by atoms with Crippen LogP contribution in [0.3, 0.4) is 0 Å². The number of nitrogens with zero attached hydrogens (tertiary/aromatic N) is 3. The molecule has 0 aliphatic rings. The molecule has 0 aliphatic carbocycles. The molecule has 0 bridgehead atoms. The number of aryl methyl sites for hydroxylation is 1. The lowest BCUT2D eigenvalue weighted by atomic mass is 9.95. The Bertz CT molecular complexity index is 1700. The Hall–Kier alpha value is -4.24. The van der Waals surface area contributed by atoms with Gasteiger partial charge in [-0.1, -0.05) is 60.5 Å². The first-order valence-corrected chi connectivity index (χ1v) is 14.5. The van der Waals surface area contributed by atoms with Crippen molar-refractivity contribution in [2.75, 3.05) is 18.5 Å². The maximum absolute atomic E-state index is 13.6. The zero-order valence-electron chi connectivity index (χ0n) is 24.5. The number of nitrogens with one attached hydrogen (secondary N) is 1. The number of halogens is 1. The van der Waals surface area contributed by atoms with Gasteiger partial charge in [0.1, 0.15) is 5.82 Å². The van der Waals surface area contributed by atoms with Crippen LogP contribution >= 0.6 is 15.9 Å². The first-order valence-electron chi connectivity index (χ1n) is 13.7. The van der Waals surface area contributed by atoms with Crippen molar-refractivity contribution in [1.82, 2.24) is 9.66 Å². The second kappa shape index (κ2) is 13.2. The monoisotopic (exact) mass is 630 g/mol. The van der Waals surface area contributed by atoms with Gasteiger partial charge in [0.15, 0.2) is 18.1 Å². The fourth-order valence-electron chi connectivity index (χ4n) is 4.33. The van der Waals surface area contributed by atoms with Crippen molar-refractivity contribution in [2.24, 2.45) is 5.10 Å². The minimum absolute atomic E-state index is 0.200. The maximum atomic E-state index is 13.6. The molecule has 0 fully saturated rings. The average Bonchev–Trinajstić information content (AvgIpc) is 2.93. The van der Waals surface area contributed by atoms with Gasteiger partial charge in [-0.25, -0.2) is 4.98 Å². The lowest BCUT2D eigenvalue weighted by Gasteiger charge is -2.21. The Morgan fingerprint density at radius 2 is 1.86 bits per heavy atom. The molecule has 9 heteroatoms. The van der Waals surface area contributed by atoms with Crippen molar-refractivity contribution >= 4 is 44.6 Å². The first-order chi connectivity index (χ1) is 20.0. The third-order valence-electron chi connectivity index (χ3n) is 6.30. The van der Waals surface area contributed by atoms with Crippen molar-refractivity contribution in [1.29, 1.82) is 0 Å². The van der Waals surface area contributed by atoms with Crippen LogP contribution in [0.15, 0.2) is 81.6 Å². The van der Waals surface area contributed by atoms with E-state index in [9.17, 15) is 9.59 Å². The summed E-state index contributed by atoms with van der Waals surface area (Å²) < 4.78 is 14.0. The highest BCUT2D eigenvalue weighted by molar-refractivity contribution is 9.10.